The Balaban J connectivity index is 2.09. The minimum atomic E-state index is 0.427. The van der Waals surface area contributed by atoms with Crippen molar-refractivity contribution in [1.82, 2.24) is 10.3 Å². The van der Waals surface area contributed by atoms with Gasteiger partial charge in [0.15, 0.2) is 0 Å². The van der Waals surface area contributed by atoms with Crippen LogP contribution in [0.4, 0.5) is 0 Å². The van der Waals surface area contributed by atoms with Gasteiger partial charge in [-0.15, -0.1) is 0 Å². The maximum Gasteiger partial charge on any atom is 0.238 e. The zero-order valence-electron chi connectivity index (χ0n) is 11.4. The molecule has 0 aliphatic heterocycles. The first-order chi connectivity index (χ1) is 9.54. The molecular formula is C15H16ClIN2O. The molecule has 3 nitrogen and oxygen atoms in total. The molecule has 0 fully saturated rings. The van der Waals surface area contributed by atoms with Crippen molar-refractivity contribution in [3.8, 4) is 11.6 Å². The lowest BCUT2D eigenvalue weighted by molar-refractivity contribution is 0.462. The fourth-order valence-electron chi connectivity index (χ4n) is 1.60. The minimum absolute atomic E-state index is 0.427. The van der Waals surface area contributed by atoms with Crippen molar-refractivity contribution in [2.45, 2.75) is 26.4 Å². The monoisotopic (exact) mass is 402 g/mol. The zero-order chi connectivity index (χ0) is 14.5. The number of hydrogen-bond donors (Lipinski definition) is 1. The van der Waals surface area contributed by atoms with Crippen molar-refractivity contribution in [1.29, 1.82) is 0 Å². The third kappa shape index (κ3) is 4.61. The summed E-state index contributed by atoms with van der Waals surface area (Å²) in [4.78, 5) is 4.28. The summed E-state index contributed by atoms with van der Waals surface area (Å²) in [6.07, 6.45) is 1.78. The summed E-state index contributed by atoms with van der Waals surface area (Å²) in [6.45, 7) is 4.95. The second-order valence-electron chi connectivity index (χ2n) is 4.73. The molecule has 1 aromatic carbocycles. The van der Waals surface area contributed by atoms with Crippen molar-refractivity contribution in [2.24, 2.45) is 0 Å². The fraction of sp³-hybridized carbons (Fsp3) is 0.267. The van der Waals surface area contributed by atoms with Crippen LogP contribution in [0.2, 0.25) is 5.02 Å². The maximum absolute atomic E-state index is 6.22. The topological polar surface area (TPSA) is 34.2 Å². The molecule has 0 spiro atoms. The molecule has 106 valence electrons. The van der Waals surface area contributed by atoms with E-state index in [1.54, 1.807) is 6.20 Å². The van der Waals surface area contributed by atoms with Gasteiger partial charge in [0.1, 0.15) is 10.8 Å². The smallest absolute Gasteiger partial charge is 0.238 e. The average molecular weight is 403 g/mol. The molecule has 0 aliphatic carbocycles. The molecule has 1 aromatic heterocycles. The second kappa shape index (κ2) is 7.24. The lowest BCUT2D eigenvalue weighted by atomic mass is 10.2. The van der Waals surface area contributed by atoms with Crippen LogP contribution in [0.3, 0.4) is 0 Å². The van der Waals surface area contributed by atoms with E-state index in [9.17, 15) is 0 Å². The Kier molecular flexibility index (Phi) is 5.63. The van der Waals surface area contributed by atoms with Crippen LogP contribution in [0, 0.1) is 3.57 Å². The van der Waals surface area contributed by atoms with E-state index >= 15 is 0 Å². The minimum Gasteiger partial charge on any atom is -0.438 e. The number of nitrogens with zero attached hydrogens (tertiary/aromatic N) is 1. The van der Waals surface area contributed by atoms with Crippen LogP contribution >= 0.6 is 34.2 Å². The second-order valence-corrected chi connectivity index (χ2v) is 6.38. The molecule has 20 heavy (non-hydrogen) atoms. The van der Waals surface area contributed by atoms with Crippen molar-refractivity contribution in [3.63, 3.8) is 0 Å². The summed E-state index contributed by atoms with van der Waals surface area (Å²) in [7, 11) is 0. The summed E-state index contributed by atoms with van der Waals surface area (Å²) < 4.78 is 6.81. The van der Waals surface area contributed by atoms with Crippen molar-refractivity contribution in [3.05, 3.63) is 50.7 Å². The number of nitrogens with one attached hydrogen (secondary N) is 1. The van der Waals surface area contributed by atoms with Gasteiger partial charge in [-0.3, -0.25) is 0 Å². The van der Waals surface area contributed by atoms with E-state index in [1.165, 1.54) is 0 Å². The molecule has 0 unspecified atom stereocenters. The van der Waals surface area contributed by atoms with E-state index in [1.807, 2.05) is 30.3 Å². The van der Waals surface area contributed by atoms with Crippen LogP contribution in [0.25, 0.3) is 0 Å². The number of aromatic nitrogens is 1. The SMILES string of the molecule is CC(C)NCc1cnc(Oc2cccc(I)c2)c(Cl)c1. The van der Waals surface area contributed by atoms with Gasteiger partial charge in [0.2, 0.25) is 5.88 Å². The molecule has 5 heteroatoms. The highest BCUT2D eigenvalue weighted by molar-refractivity contribution is 14.1. The van der Waals surface area contributed by atoms with Crippen LogP contribution in [0.15, 0.2) is 36.5 Å². The predicted octanol–water partition coefficient (Wildman–Crippen LogP) is 4.63. The highest BCUT2D eigenvalue weighted by Crippen LogP contribution is 2.28. The van der Waals surface area contributed by atoms with Crippen LogP contribution < -0.4 is 10.1 Å². The van der Waals surface area contributed by atoms with Gasteiger partial charge in [-0.25, -0.2) is 4.98 Å². The summed E-state index contributed by atoms with van der Waals surface area (Å²) in [6, 6.07) is 10.1. The Morgan fingerprint density at radius 1 is 1.35 bits per heavy atom. The van der Waals surface area contributed by atoms with Crippen LogP contribution in [0.5, 0.6) is 11.6 Å². The molecule has 1 N–H and O–H groups in total. The van der Waals surface area contributed by atoms with Gasteiger partial charge in [0.05, 0.1) is 0 Å². The van der Waals surface area contributed by atoms with Gasteiger partial charge in [0.25, 0.3) is 0 Å². The zero-order valence-corrected chi connectivity index (χ0v) is 14.3. The van der Waals surface area contributed by atoms with Crippen LogP contribution in [-0.2, 0) is 6.54 Å². The quantitative estimate of drug-likeness (QED) is 0.741. The molecule has 0 amide bonds. The molecule has 0 saturated carbocycles. The Bertz CT molecular complexity index is 590. The summed E-state index contributed by atoms with van der Waals surface area (Å²) >= 11 is 8.45. The molecule has 0 aliphatic rings. The number of benzene rings is 1. The third-order valence-corrected chi connectivity index (χ3v) is 3.53. The summed E-state index contributed by atoms with van der Waals surface area (Å²) in [5.74, 6) is 1.17. The molecule has 2 aromatic rings. The van der Waals surface area contributed by atoms with Crippen molar-refractivity contribution >= 4 is 34.2 Å². The summed E-state index contributed by atoms with van der Waals surface area (Å²) in [5.41, 5.74) is 1.04. The van der Waals surface area contributed by atoms with E-state index in [-0.39, 0.29) is 0 Å². The molecule has 0 radical (unpaired) electrons. The molecule has 0 bridgehead atoms. The number of rotatable bonds is 5. The standard InChI is InChI=1S/C15H16ClIN2O/c1-10(2)18-8-11-6-14(16)15(19-9-11)20-13-5-3-4-12(17)7-13/h3-7,9-10,18H,8H2,1-2H3. The largest absolute Gasteiger partial charge is 0.438 e. The Morgan fingerprint density at radius 2 is 2.15 bits per heavy atom. The van der Waals surface area contributed by atoms with Gasteiger partial charge < -0.3 is 10.1 Å². The van der Waals surface area contributed by atoms with Gasteiger partial charge in [-0.1, -0.05) is 31.5 Å². The highest BCUT2D eigenvalue weighted by Gasteiger charge is 2.07. The fourth-order valence-corrected chi connectivity index (χ4v) is 2.34. The highest BCUT2D eigenvalue weighted by atomic mass is 127. The van der Waals surface area contributed by atoms with Gasteiger partial charge in [-0.2, -0.15) is 0 Å². The van der Waals surface area contributed by atoms with E-state index in [2.05, 4.69) is 46.7 Å². The number of pyridine rings is 1. The number of ether oxygens (including phenoxy) is 1. The summed E-state index contributed by atoms with van der Waals surface area (Å²) in [5, 5.41) is 3.85. The number of halogens is 2. The van der Waals surface area contributed by atoms with Gasteiger partial charge in [-0.05, 0) is 52.4 Å². The van der Waals surface area contributed by atoms with E-state index < -0.39 is 0 Å². The Morgan fingerprint density at radius 3 is 2.80 bits per heavy atom. The lowest BCUT2D eigenvalue weighted by Crippen LogP contribution is -2.21. The van der Waals surface area contributed by atoms with Crippen molar-refractivity contribution < 1.29 is 4.74 Å². The van der Waals surface area contributed by atoms with E-state index in [4.69, 9.17) is 16.3 Å². The maximum atomic E-state index is 6.22. The van der Waals surface area contributed by atoms with Crippen LogP contribution in [0.1, 0.15) is 19.4 Å². The Labute approximate surface area is 137 Å². The third-order valence-electron chi connectivity index (χ3n) is 2.59. The predicted molar refractivity (Wildman–Crippen MR) is 90.5 cm³/mol. The molecule has 1 heterocycles. The molecule has 0 atom stereocenters. The van der Waals surface area contributed by atoms with E-state index in [0.717, 1.165) is 21.4 Å². The molecule has 0 saturated heterocycles. The number of hydrogen-bond acceptors (Lipinski definition) is 3. The Hall–Kier alpha value is -0.850. The molecule has 2 rings (SSSR count). The lowest BCUT2D eigenvalue weighted by Gasteiger charge is -2.10. The average Bonchev–Trinajstić information content (AvgIpc) is 2.39. The van der Waals surface area contributed by atoms with Gasteiger partial charge >= 0.3 is 0 Å². The molecular weight excluding hydrogens is 387 g/mol. The van der Waals surface area contributed by atoms with Crippen molar-refractivity contribution in [2.75, 3.05) is 0 Å². The van der Waals surface area contributed by atoms with Crippen LogP contribution in [-0.4, -0.2) is 11.0 Å². The first-order valence-electron chi connectivity index (χ1n) is 6.36. The first-order valence-corrected chi connectivity index (χ1v) is 7.81. The van der Waals surface area contributed by atoms with Gasteiger partial charge in [0, 0.05) is 22.4 Å². The van der Waals surface area contributed by atoms with E-state index in [0.29, 0.717) is 16.9 Å². The normalized spacial score (nSPS) is 10.8. The first kappa shape index (κ1) is 15.5.